The molecule has 0 aliphatic carbocycles. The van der Waals surface area contributed by atoms with Crippen molar-refractivity contribution in [2.24, 2.45) is 5.14 Å². The van der Waals surface area contributed by atoms with Crippen LogP contribution in [0.1, 0.15) is 18.5 Å². The number of hydrogen-bond acceptors (Lipinski definition) is 7. The summed E-state index contributed by atoms with van der Waals surface area (Å²) in [5.41, 5.74) is 1.91. The molecule has 0 spiro atoms. The van der Waals surface area contributed by atoms with Crippen molar-refractivity contribution >= 4 is 38.1 Å². The Bertz CT molecular complexity index is 1520. The first-order valence-corrected chi connectivity index (χ1v) is 14.1. The highest BCUT2D eigenvalue weighted by Gasteiger charge is 2.30. The molecule has 13 heteroatoms. The van der Waals surface area contributed by atoms with Crippen LogP contribution in [0.4, 0.5) is 24.5 Å². The van der Waals surface area contributed by atoms with Gasteiger partial charge in [0, 0.05) is 35.9 Å². The number of Topliss-reactive ketones (excluding diaryl/α,β-unsaturated/α-hetero) is 1. The van der Waals surface area contributed by atoms with Gasteiger partial charge in [0.25, 0.3) is 0 Å². The fourth-order valence-electron chi connectivity index (χ4n) is 4.66. The Labute approximate surface area is 230 Å². The topological polar surface area (TPSA) is 130 Å². The minimum atomic E-state index is -4.45. The third-order valence-corrected chi connectivity index (χ3v) is 7.52. The first kappa shape index (κ1) is 29.4. The summed E-state index contributed by atoms with van der Waals surface area (Å²) < 4.78 is 64.4. The van der Waals surface area contributed by atoms with Crippen LogP contribution < -0.4 is 15.8 Å². The molecule has 0 atom stereocenters. The summed E-state index contributed by atoms with van der Waals surface area (Å²) in [6, 6.07) is 12.6. The number of rotatable bonds is 9. The molecule has 1 aliphatic heterocycles. The van der Waals surface area contributed by atoms with Gasteiger partial charge >= 0.3 is 6.18 Å². The predicted molar refractivity (Wildman–Crippen MR) is 146 cm³/mol. The number of halogens is 3. The van der Waals surface area contributed by atoms with Gasteiger partial charge < -0.3 is 20.3 Å². The van der Waals surface area contributed by atoms with Crippen LogP contribution in [0.3, 0.4) is 0 Å². The number of alkyl halides is 3. The summed E-state index contributed by atoms with van der Waals surface area (Å²) in [4.78, 5) is 13.5. The van der Waals surface area contributed by atoms with Crippen molar-refractivity contribution in [1.82, 2.24) is 9.47 Å². The van der Waals surface area contributed by atoms with Crippen LogP contribution in [-0.4, -0.2) is 73.8 Å². The average molecular weight is 578 g/mol. The van der Waals surface area contributed by atoms with Gasteiger partial charge in [0.1, 0.15) is 13.2 Å². The van der Waals surface area contributed by atoms with Gasteiger partial charge in [-0.1, -0.05) is 12.0 Å². The molecule has 1 aromatic heterocycles. The molecule has 40 heavy (non-hydrogen) atoms. The van der Waals surface area contributed by atoms with Crippen molar-refractivity contribution < 1.29 is 31.5 Å². The highest BCUT2D eigenvalue weighted by molar-refractivity contribution is 7.89. The number of anilines is 2. The number of aromatic nitrogens is 1. The third-order valence-electron chi connectivity index (χ3n) is 6.59. The first-order valence-electron chi connectivity index (χ1n) is 12.6. The van der Waals surface area contributed by atoms with E-state index in [9.17, 15) is 26.4 Å². The van der Waals surface area contributed by atoms with Crippen molar-refractivity contribution in [2.75, 3.05) is 43.4 Å². The number of piperidine rings is 1. The first-order chi connectivity index (χ1) is 18.9. The van der Waals surface area contributed by atoms with Crippen LogP contribution in [-0.2, 0) is 21.4 Å². The number of carbonyl (C=O) groups excluding carboxylic acids is 1. The molecular formula is C27H30F3N5O4S. The van der Waals surface area contributed by atoms with E-state index in [1.54, 1.807) is 18.2 Å². The number of nitrogens with one attached hydrogen (secondary N) is 2. The number of carbonyl (C=O) groups is 1. The molecule has 0 saturated carbocycles. The van der Waals surface area contributed by atoms with Gasteiger partial charge in [-0.25, -0.2) is 13.6 Å². The van der Waals surface area contributed by atoms with Gasteiger partial charge in [-0.15, -0.1) is 0 Å². The second-order valence-electron chi connectivity index (χ2n) is 9.59. The maximum atomic E-state index is 13.5. The Morgan fingerprint density at radius 2 is 1.82 bits per heavy atom. The zero-order valence-electron chi connectivity index (χ0n) is 21.5. The van der Waals surface area contributed by atoms with Crippen LogP contribution in [0.2, 0.25) is 0 Å². The number of primary sulfonamides is 1. The van der Waals surface area contributed by atoms with Crippen molar-refractivity contribution in [3.05, 3.63) is 54.2 Å². The number of fused-ring (bicyclic) bond motifs is 1. The van der Waals surface area contributed by atoms with Crippen LogP contribution in [0.15, 0.2) is 53.4 Å². The molecule has 0 bridgehead atoms. The summed E-state index contributed by atoms with van der Waals surface area (Å²) in [5.74, 6) is 5.45. The predicted octanol–water partition coefficient (Wildman–Crippen LogP) is 2.75. The second-order valence-corrected chi connectivity index (χ2v) is 11.1. The van der Waals surface area contributed by atoms with Crippen molar-refractivity contribution in [1.29, 1.82) is 0 Å². The maximum absolute atomic E-state index is 13.5. The van der Waals surface area contributed by atoms with Crippen molar-refractivity contribution in [2.45, 2.75) is 36.5 Å². The Balaban J connectivity index is 1.50. The molecule has 2 aromatic carbocycles. The zero-order chi connectivity index (χ0) is 28.9. The largest absolute Gasteiger partial charge is 0.406 e. The van der Waals surface area contributed by atoms with Crippen LogP contribution in [0.25, 0.3) is 10.9 Å². The Hall–Kier alpha value is -3.57. The lowest BCUT2D eigenvalue weighted by atomic mass is 10.0. The van der Waals surface area contributed by atoms with Gasteiger partial charge in [-0.2, -0.15) is 13.2 Å². The number of aliphatic hydroxyl groups is 1. The standard InChI is InChI=1S/C27H30F3N5O4S/c28-27(29,30)18-35-21(3-2-12-32-19-6-8-23(9-7-19)40(31,38)39)15-24-25(4-1-5-26(24)35)33-20-10-13-34(14-11-20)16-22(37)17-36/h1,4-9,15,20,32-33,36H,10-14,16-18H2,(H2,31,38,39). The summed E-state index contributed by atoms with van der Waals surface area (Å²) in [6.45, 7) is -0.0120. The maximum Gasteiger partial charge on any atom is 0.406 e. The zero-order valence-corrected chi connectivity index (χ0v) is 22.4. The number of hydrogen-bond donors (Lipinski definition) is 4. The smallest absolute Gasteiger partial charge is 0.389 e. The van der Waals surface area contributed by atoms with E-state index < -0.39 is 29.4 Å². The monoisotopic (exact) mass is 577 g/mol. The van der Waals surface area contributed by atoms with Crippen LogP contribution in [0, 0.1) is 11.8 Å². The minimum Gasteiger partial charge on any atom is -0.389 e. The molecule has 1 aliphatic rings. The highest BCUT2D eigenvalue weighted by atomic mass is 32.2. The summed E-state index contributed by atoms with van der Waals surface area (Å²) in [5, 5.41) is 21.1. The van der Waals surface area contributed by atoms with E-state index >= 15 is 0 Å². The Morgan fingerprint density at radius 1 is 1.12 bits per heavy atom. The van der Waals surface area contributed by atoms with Crippen LogP contribution >= 0.6 is 0 Å². The molecule has 5 N–H and O–H groups in total. The SMILES string of the molecule is NS(=O)(=O)c1ccc(NCC#Cc2cc3c(NC4CCN(CC(=O)CO)CC4)cccc3n2CC(F)(F)F)cc1. The fourth-order valence-corrected chi connectivity index (χ4v) is 5.18. The van der Waals surface area contributed by atoms with Gasteiger partial charge in [-0.3, -0.25) is 9.69 Å². The quantitative estimate of drug-likeness (QED) is 0.288. The lowest BCUT2D eigenvalue weighted by molar-refractivity contribution is -0.140. The molecule has 0 radical (unpaired) electrons. The van der Waals surface area contributed by atoms with Crippen LogP contribution in [0.5, 0.6) is 0 Å². The van der Waals surface area contributed by atoms with E-state index in [0.717, 1.165) is 17.4 Å². The van der Waals surface area contributed by atoms with Gasteiger partial charge in [0.15, 0.2) is 5.78 Å². The number of nitrogens with two attached hydrogens (primary N) is 1. The molecule has 214 valence electrons. The lowest BCUT2D eigenvalue weighted by Gasteiger charge is -2.32. The second kappa shape index (κ2) is 12.3. The summed E-state index contributed by atoms with van der Waals surface area (Å²) >= 11 is 0. The third kappa shape index (κ3) is 7.76. The van der Waals surface area contributed by atoms with Gasteiger partial charge in [-0.05, 0) is 61.2 Å². The van der Waals surface area contributed by atoms with Gasteiger partial charge in [0.2, 0.25) is 10.0 Å². The van der Waals surface area contributed by atoms with E-state index in [-0.39, 0.29) is 35.5 Å². The molecule has 9 nitrogen and oxygen atoms in total. The molecule has 2 heterocycles. The summed E-state index contributed by atoms with van der Waals surface area (Å²) in [6.07, 6.45) is -2.96. The number of sulfonamides is 1. The average Bonchev–Trinajstić information content (AvgIpc) is 3.24. The molecule has 4 rings (SSSR count). The normalized spacial score (nSPS) is 15.0. The highest BCUT2D eigenvalue weighted by Crippen LogP contribution is 2.31. The van der Waals surface area contributed by atoms with Crippen molar-refractivity contribution in [3.8, 4) is 11.8 Å². The molecule has 1 fully saturated rings. The Kier molecular flexibility index (Phi) is 9.05. The van der Waals surface area contributed by atoms with E-state index in [2.05, 4.69) is 22.5 Å². The Morgan fingerprint density at radius 3 is 2.45 bits per heavy atom. The van der Waals surface area contributed by atoms with E-state index in [4.69, 9.17) is 10.2 Å². The molecule has 0 amide bonds. The van der Waals surface area contributed by atoms with Crippen molar-refractivity contribution in [3.63, 3.8) is 0 Å². The van der Waals surface area contributed by atoms with Gasteiger partial charge in [0.05, 0.1) is 29.2 Å². The number of benzene rings is 2. The lowest BCUT2D eigenvalue weighted by Crippen LogP contribution is -2.42. The molecule has 3 aromatic rings. The molecular weight excluding hydrogens is 547 g/mol. The van der Waals surface area contributed by atoms with E-state index in [0.29, 0.717) is 35.4 Å². The number of likely N-dealkylation sites (tertiary alicyclic amines) is 1. The number of nitrogens with zero attached hydrogens (tertiary/aromatic N) is 2. The number of aliphatic hydroxyl groups excluding tert-OH is 1. The summed E-state index contributed by atoms with van der Waals surface area (Å²) in [7, 11) is -3.81. The number of ketones is 1. The van der Waals surface area contributed by atoms with E-state index in [1.165, 1.54) is 24.3 Å². The molecule has 1 saturated heterocycles. The van der Waals surface area contributed by atoms with E-state index in [1.807, 2.05) is 11.0 Å². The fraction of sp³-hybridized carbons (Fsp3) is 0.370. The molecule has 0 unspecified atom stereocenters. The minimum absolute atomic E-state index is 0.0347.